The molecule has 1 aromatic heterocycles. The Morgan fingerprint density at radius 2 is 1.72 bits per heavy atom. The maximum Gasteiger partial charge on any atom is 0.421 e. The molecule has 0 saturated heterocycles. The number of rotatable bonds is 7. The number of carbonyl (C=O) groups is 2. The van der Waals surface area contributed by atoms with Crippen LogP contribution >= 0.6 is 0 Å². The van der Waals surface area contributed by atoms with Gasteiger partial charge in [0.2, 0.25) is 11.9 Å². The molecule has 1 fully saturated rings. The van der Waals surface area contributed by atoms with Crippen LogP contribution < -0.4 is 21.7 Å². The predicted octanol–water partition coefficient (Wildman–Crippen LogP) is 5.19. The molecule has 8 nitrogen and oxygen atoms in total. The van der Waals surface area contributed by atoms with Gasteiger partial charge < -0.3 is 21.7 Å². The summed E-state index contributed by atoms with van der Waals surface area (Å²) in [6, 6.07) is 14.7. The number of nitrogens with one attached hydrogen (secondary N) is 3. The van der Waals surface area contributed by atoms with Gasteiger partial charge in [-0.1, -0.05) is 38.1 Å². The first-order chi connectivity index (χ1) is 16.7. The van der Waals surface area contributed by atoms with E-state index in [2.05, 4.69) is 25.9 Å². The van der Waals surface area contributed by atoms with Gasteiger partial charge in [0, 0.05) is 29.2 Å². The number of nitrogens with two attached hydrogens (primary N) is 1. The monoisotopic (exact) mass is 500 g/mol. The van der Waals surface area contributed by atoms with E-state index >= 15 is 0 Å². The fourth-order valence-corrected chi connectivity index (χ4v) is 4.00. The number of aromatic nitrogens is 2. The number of alkyl halides is 3. The Bertz CT molecular complexity index is 1220. The Kier molecular flexibility index (Phi) is 8.13. The molecule has 2 amide bonds. The van der Waals surface area contributed by atoms with Crippen LogP contribution in [-0.4, -0.2) is 27.8 Å². The molecule has 190 valence electrons. The number of primary amides is 1. The molecule has 2 aromatic carbocycles. The summed E-state index contributed by atoms with van der Waals surface area (Å²) in [7, 11) is 0. The normalized spacial score (nSPS) is 17.1. The number of benzene rings is 2. The van der Waals surface area contributed by atoms with Crippen LogP contribution in [0, 0.1) is 5.92 Å². The topological polar surface area (TPSA) is 122 Å². The van der Waals surface area contributed by atoms with Gasteiger partial charge in [0.05, 0.1) is 5.92 Å². The van der Waals surface area contributed by atoms with E-state index in [4.69, 9.17) is 5.73 Å². The first-order valence-electron chi connectivity index (χ1n) is 10.9. The zero-order valence-corrected chi connectivity index (χ0v) is 18.5. The number of para-hydroxylation sites is 1. The Hall–Kier alpha value is -4.15. The van der Waals surface area contributed by atoms with E-state index in [0.717, 1.165) is 0 Å². The van der Waals surface area contributed by atoms with Crippen LogP contribution in [0.5, 0.6) is 0 Å². The summed E-state index contributed by atoms with van der Waals surface area (Å²) < 4.78 is 40.7. The van der Waals surface area contributed by atoms with Crippen molar-refractivity contribution in [3.63, 3.8) is 0 Å². The van der Waals surface area contributed by atoms with Crippen LogP contribution in [0.2, 0.25) is 0 Å². The van der Waals surface area contributed by atoms with Crippen LogP contribution in [0.3, 0.4) is 0 Å². The Morgan fingerprint density at radius 1 is 1.00 bits per heavy atom. The maximum atomic E-state index is 13.6. The van der Waals surface area contributed by atoms with Gasteiger partial charge in [-0.25, -0.2) is 4.98 Å². The summed E-state index contributed by atoms with van der Waals surface area (Å²) in [6.07, 6.45) is -2.35. The van der Waals surface area contributed by atoms with Crippen LogP contribution in [-0.2, 0) is 11.0 Å². The highest BCUT2D eigenvalue weighted by Gasteiger charge is 2.38. The van der Waals surface area contributed by atoms with Gasteiger partial charge in [-0.2, -0.15) is 18.2 Å². The van der Waals surface area contributed by atoms with Crippen molar-refractivity contribution in [2.24, 2.45) is 11.7 Å². The van der Waals surface area contributed by atoms with Crippen molar-refractivity contribution < 1.29 is 22.8 Å². The van der Waals surface area contributed by atoms with E-state index in [1.165, 1.54) is 6.07 Å². The van der Waals surface area contributed by atoms with Gasteiger partial charge in [-0.3, -0.25) is 9.59 Å². The first-order valence-corrected chi connectivity index (χ1v) is 10.9. The second-order valence-corrected chi connectivity index (χ2v) is 8.17. The average molecular weight is 501 g/mol. The van der Waals surface area contributed by atoms with E-state index in [9.17, 15) is 22.8 Å². The molecule has 1 saturated carbocycles. The van der Waals surface area contributed by atoms with Gasteiger partial charge in [0.15, 0.2) is 0 Å². The summed E-state index contributed by atoms with van der Waals surface area (Å²) in [5.74, 6) is -2.04. The van der Waals surface area contributed by atoms with E-state index in [-0.39, 0.29) is 19.3 Å². The maximum absolute atomic E-state index is 13.6. The highest BCUT2D eigenvalue weighted by molar-refractivity contribution is 6.04. The molecular weight excluding hydrogens is 473 g/mol. The summed E-state index contributed by atoms with van der Waals surface area (Å²) in [6.45, 7) is 0. The lowest BCUT2D eigenvalue weighted by atomic mass is 10.0. The zero-order valence-electron chi connectivity index (χ0n) is 18.5. The van der Waals surface area contributed by atoms with Crippen LogP contribution in [0.15, 0.2) is 60.8 Å². The fraction of sp³-hybridized carbons (Fsp3) is 0.280. The van der Waals surface area contributed by atoms with Gasteiger partial charge in [-0.15, -0.1) is 0 Å². The second kappa shape index (κ2) is 11.1. The van der Waals surface area contributed by atoms with E-state index in [1.54, 1.807) is 42.5 Å². The van der Waals surface area contributed by atoms with Crippen LogP contribution in [0.1, 0.15) is 42.6 Å². The Balaban J connectivity index is 0.00000361. The number of halogens is 3. The molecular formula is C25H27F3N6O2. The minimum absolute atomic E-state index is 0. The number of amides is 2. The molecule has 0 unspecified atom stereocenters. The summed E-state index contributed by atoms with van der Waals surface area (Å²) in [5, 5.41) is 8.36. The minimum Gasteiger partial charge on any atom is -0.369 e. The minimum atomic E-state index is -4.70. The second-order valence-electron chi connectivity index (χ2n) is 8.17. The molecule has 11 heteroatoms. The third-order valence-corrected chi connectivity index (χ3v) is 5.71. The van der Waals surface area contributed by atoms with Crippen molar-refractivity contribution in [3.05, 3.63) is 71.9 Å². The molecule has 2 atom stereocenters. The number of anilines is 4. The number of nitrogens with zero attached hydrogens (tertiary/aromatic N) is 2. The molecule has 3 aromatic rings. The lowest BCUT2D eigenvalue weighted by Crippen LogP contribution is -2.35. The van der Waals surface area contributed by atoms with Crippen LogP contribution in [0.25, 0.3) is 0 Å². The fourth-order valence-electron chi connectivity index (χ4n) is 4.00. The highest BCUT2D eigenvalue weighted by atomic mass is 19.4. The predicted molar refractivity (Wildman–Crippen MR) is 132 cm³/mol. The van der Waals surface area contributed by atoms with Gasteiger partial charge in [-0.05, 0) is 43.2 Å². The number of carbonyl (C=O) groups excluding carboxylic acids is 2. The van der Waals surface area contributed by atoms with Crippen molar-refractivity contribution >= 4 is 35.0 Å². The first kappa shape index (κ1) is 26.5. The number of hydrogen-bond acceptors (Lipinski definition) is 6. The quantitative estimate of drug-likeness (QED) is 0.354. The largest absolute Gasteiger partial charge is 0.421 e. The zero-order chi connectivity index (χ0) is 25.0. The molecule has 0 bridgehead atoms. The van der Waals surface area contributed by atoms with Crippen molar-refractivity contribution in [2.75, 3.05) is 16.0 Å². The molecule has 4 rings (SSSR count). The van der Waals surface area contributed by atoms with Crippen LogP contribution in [0.4, 0.5) is 36.3 Å². The van der Waals surface area contributed by atoms with Gasteiger partial charge in [0.25, 0.3) is 5.91 Å². The Morgan fingerprint density at radius 3 is 2.42 bits per heavy atom. The van der Waals surface area contributed by atoms with Crippen molar-refractivity contribution in [1.82, 2.24) is 9.97 Å². The third-order valence-electron chi connectivity index (χ3n) is 5.71. The molecule has 36 heavy (non-hydrogen) atoms. The SMILES string of the molecule is C.NC(=O)[C@H]1CCC[C@H]1Nc1nc(Nc2cccc(C(=O)Nc3ccccc3)c2)ncc1C(F)(F)F. The average Bonchev–Trinajstić information content (AvgIpc) is 3.28. The highest BCUT2D eigenvalue weighted by Crippen LogP contribution is 2.36. The molecule has 5 N–H and O–H groups in total. The number of hydrogen-bond donors (Lipinski definition) is 4. The Labute approximate surface area is 206 Å². The summed E-state index contributed by atoms with van der Waals surface area (Å²) >= 11 is 0. The van der Waals surface area contributed by atoms with E-state index in [1.807, 2.05) is 6.07 Å². The standard InChI is InChI=1S/C24H23F3N6O2.CH4/c25-24(26,27)18-13-29-23(33-21(18)32-19-11-5-10-17(19)20(28)34)31-16-9-4-6-14(12-16)22(35)30-15-7-2-1-3-8-15;/h1-4,6-9,12-13,17,19H,5,10-11H2,(H2,28,34)(H,30,35)(H2,29,31,32,33);1H4/t17-,19+;/m0./s1. The lowest BCUT2D eigenvalue weighted by Gasteiger charge is -2.22. The van der Waals surface area contributed by atoms with Crippen molar-refractivity contribution in [3.8, 4) is 0 Å². The summed E-state index contributed by atoms with van der Waals surface area (Å²) in [5.41, 5.74) is 5.73. The van der Waals surface area contributed by atoms with Crippen molar-refractivity contribution in [1.29, 1.82) is 0 Å². The van der Waals surface area contributed by atoms with Crippen molar-refractivity contribution in [2.45, 2.75) is 38.9 Å². The molecule has 1 aliphatic carbocycles. The molecule has 0 radical (unpaired) electrons. The molecule has 1 heterocycles. The smallest absolute Gasteiger partial charge is 0.369 e. The van der Waals surface area contributed by atoms with E-state index in [0.29, 0.717) is 42.4 Å². The lowest BCUT2D eigenvalue weighted by molar-refractivity contribution is -0.137. The molecule has 0 spiro atoms. The third kappa shape index (κ3) is 6.29. The molecule has 1 aliphatic rings. The van der Waals surface area contributed by atoms with Gasteiger partial charge >= 0.3 is 6.18 Å². The molecule has 0 aliphatic heterocycles. The van der Waals surface area contributed by atoms with Gasteiger partial charge in [0.1, 0.15) is 11.4 Å². The van der Waals surface area contributed by atoms with E-state index < -0.39 is 35.4 Å². The summed E-state index contributed by atoms with van der Waals surface area (Å²) in [4.78, 5) is 32.1.